The smallest absolute Gasteiger partial charge is 0.159 e. The van der Waals surface area contributed by atoms with Crippen LogP contribution in [0.1, 0.15) is 0 Å². The molecule has 0 aliphatic carbocycles. The van der Waals surface area contributed by atoms with Gasteiger partial charge in [0.15, 0.2) is 6.73 Å². The van der Waals surface area contributed by atoms with E-state index in [2.05, 4.69) is 5.32 Å². The first kappa shape index (κ1) is 23.6. The first-order valence-electron chi connectivity index (χ1n) is 11.8. The summed E-state index contributed by atoms with van der Waals surface area (Å²) in [6.45, 7) is 0.328. The molecule has 0 amide bonds. The lowest BCUT2D eigenvalue weighted by Crippen LogP contribution is -2.08. The summed E-state index contributed by atoms with van der Waals surface area (Å²) in [6, 6.07) is 39.6. The summed E-state index contributed by atoms with van der Waals surface area (Å²) in [4.78, 5) is 0. The highest BCUT2D eigenvalue weighted by molar-refractivity contribution is 5.48. The van der Waals surface area contributed by atoms with Gasteiger partial charge in [-0.3, -0.25) is 0 Å². The number of anilines is 2. The minimum absolute atomic E-state index is 0.328. The Hall–Kier alpha value is -5.10. The standard InChI is InChI=1S/C31H26N2O4/c32-23-6-10-27(11-7-23)36-30-18-20-31(21-19-30)37-28-12-8-24(9-13-28)33-22-34-25-14-16-29(17-15-25)35-26-4-2-1-3-5-26/h1-21,33H,22,32H2. The van der Waals surface area contributed by atoms with Gasteiger partial charge in [0, 0.05) is 11.4 Å². The Bertz CT molecular complexity index is 1390. The molecule has 6 nitrogen and oxygen atoms in total. The summed E-state index contributed by atoms with van der Waals surface area (Å²) < 4.78 is 23.3. The molecule has 184 valence electrons. The van der Waals surface area contributed by atoms with Crippen LogP contribution in [0, 0.1) is 0 Å². The predicted octanol–water partition coefficient (Wildman–Crippen LogP) is 8.09. The minimum atomic E-state index is 0.328. The third-order valence-corrected chi connectivity index (χ3v) is 5.35. The Kier molecular flexibility index (Phi) is 7.38. The number of nitrogens with one attached hydrogen (secondary N) is 1. The van der Waals surface area contributed by atoms with Crippen LogP contribution in [0.2, 0.25) is 0 Å². The van der Waals surface area contributed by atoms with Gasteiger partial charge in [0.05, 0.1) is 0 Å². The van der Waals surface area contributed by atoms with Crippen LogP contribution in [0.3, 0.4) is 0 Å². The predicted molar refractivity (Wildman–Crippen MR) is 146 cm³/mol. The molecular formula is C31H26N2O4. The molecule has 3 N–H and O–H groups in total. The molecule has 6 heteroatoms. The second-order valence-corrected chi connectivity index (χ2v) is 8.12. The Morgan fingerprint density at radius 2 is 0.811 bits per heavy atom. The Morgan fingerprint density at radius 3 is 1.30 bits per heavy atom. The number of para-hydroxylation sites is 1. The molecule has 37 heavy (non-hydrogen) atoms. The van der Waals surface area contributed by atoms with Gasteiger partial charge in [0.25, 0.3) is 0 Å². The maximum atomic E-state index is 5.94. The fourth-order valence-electron chi connectivity index (χ4n) is 3.46. The van der Waals surface area contributed by atoms with Crippen molar-refractivity contribution in [2.45, 2.75) is 0 Å². The molecule has 0 saturated heterocycles. The maximum absolute atomic E-state index is 5.94. The van der Waals surface area contributed by atoms with E-state index >= 15 is 0 Å². The zero-order valence-corrected chi connectivity index (χ0v) is 20.0. The fraction of sp³-hybridized carbons (Fsp3) is 0.0323. The van der Waals surface area contributed by atoms with Crippen molar-refractivity contribution in [2.75, 3.05) is 17.8 Å². The van der Waals surface area contributed by atoms with Gasteiger partial charge in [0.1, 0.15) is 40.2 Å². The van der Waals surface area contributed by atoms with Crippen LogP contribution in [0.25, 0.3) is 0 Å². The van der Waals surface area contributed by atoms with E-state index in [-0.39, 0.29) is 0 Å². The Labute approximate surface area is 215 Å². The quantitative estimate of drug-likeness (QED) is 0.152. The second-order valence-electron chi connectivity index (χ2n) is 8.12. The van der Waals surface area contributed by atoms with Crippen LogP contribution in [0.4, 0.5) is 11.4 Å². The lowest BCUT2D eigenvalue weighted by Gasteiger charge is -2.11. The lowest BCUT2D eigenvalue weighted by molar-refractivity contribution is 0.346. The molecule has 0 heterocycles. The highest BCUT2D eigenvalue weighted by Crippen LogP contribution is 2.28. The summed E-state index contributed by atoms with van der Waals surface area (Å²) >= 11 is 0. The normalized spacial score (nSPS) is 10.4. The van der Waals surface area contributed by atoms with Crippen molar-refractivity contribution in [3.8, 4) is 40.2 Å². The molecule has 0 aliphatic heterocycles. The summed E-state index contributed by atoms with van der Waals surface area (Å²) in [5.41, 5.74) is 7.33. The van der Waals surface area contributed by atoms with Crippen LogP contribution in [-0.2, 0) is 0 Å². The van der Waals surface area contributed by atoms with E-state index < -0.39 is 0 Å². The molecule has 5 aromatic carbocycles. The fourth-order valence-corrected chi connectivity index (χ4v) is 3.46. The Morgan fingerprint density at radius 1 is 0.432 bits per heavy atom. The monoisotopic (exact) mass is 490 g/mol. The van der Waals surface area contributed by atoms with E-state index in [1.165, 1.54) is 0 Å². The van der Waals surface area contributed by atoms with E-state index in [9.17, 15) is 0 Å². The van der Waals surface area contributed by atoms with Crippen LogP contribution in [0.15, 0.2) is 127 Å². The molecule has 0 fully saturated rings. The molecule has 0 atom stereocenters. The van der Waals surface area contributed by atoms with E-state index in [0.717, 1.165) is 40.2 Å². The van der Waals surface area contributed by atoms with Crippen molar-refractivity contribution in [2.24, 2.45) is 0 Å². The van der Waals surface area contributed by atoms with Crippen molar-refractivity contribution >= 4 is 11.4 Å². The largest absolute Gasteiger partial charge is 0.473 e. The SMILES string of the molecule is Nc1ccc(Oc2ccc(Oc3ccc(NCOc4ccc(Oc5ccccc5)cc4)cc3)cc2)cc1. The molecule has 0 radical (unpaired) electrons. The third-order valence-electron chi connectivity index (χ3n) is 5.35. The number of nitrogens with two attached hydrogens (primary N) is 1. The average molecular weight is 491 g/mol. The van der Waals surface area contributed by atoms with E-state index in [4.69, 9.17) is 24.7 Å². The van der Waals surface area contributed by atoms with E-state index in [1.807, 2.05) is 115 Å². The molecule has 0 spiro atoms. The third kappa shape index (κ3) is 6.96. The highest BCUT2D eigenvalue weighted by Gasteiger charge is 2.02. The highest BCUT2D eigenvalue weighted by atomic mass is 16.5. The van der Waals surface area contributed by atoms with Gasteiger partial charge in [-0.2, -0.15) is 0 Å². The number of benzene rings is 5. The number of hydrogen-bond donors (Lipinski definition) is 2. The zero-order valence-electron chi connectivity index (χ0n) is 20.0. The van der Waals surface area contributed by atoms with Gasteiger partial charge >= 0.3 is 0 Å². The topological polar surface area (TPSA) is 75.0 Å². The van der Waals surface area contributed by atoms with Crippen LogP contribution in [-0.4, -0.2) is 6.73 Å². The van der Waals surface area contributed by atoms with Crippen molar-refractivity contribution < 1.29 is 18.9 Å². The molecule has 0 aromatic heterocycles. The summed E-state index contributed by atoms with van der Waals surface area (Å²) in [5.74, 6) is 5.19. The summed E-state index contributed by atoms with van der Waals surface area (Å²) in [7, 11) is 0. The number of hydrogen-bond acceptors (Lipinski definition) is 6. The zero-order chi connectivity index (χ0) is 25.3. The van der Waals surface area contributed by atoms with E-state index in [0.29, 0.717) is 18.2 Å². The number of ether oxygens (including phenoxy) is 4. The molecule has 5 aromatic rings. The maximum Gasteiger partial charge on any atom is 0.159 e. The number of rotatable bonds is 10. The second kappa shape index (κ2) is 11.6. The molecule has 0 aliphatic rings. The van der Waals surface area contributed by atoms with Crippen LogP contribution >= 0.6 is 0 Å². The summed E-state index contributed by atoms with van der Waals surface area (Å²) in [6.07, 6.45) is 0. The van der Waals surface area contributed by atoms with E-state index in [1.54, 1.807) is 12.1 Å². The van der Waals surface area contributed by atoms with Gasteiger partial charge in [-0.05, 0) is 109 Å². The van der Waals surface area contributed by atoms with Crippen LogP contribution in [0.5, 0.6) is 40.2 Å². The van der Waals surface area contributed by atoms with Crippen molar-refractivity contribution in [1.82, 2.24) is 0 Å². The first-order chi connectivity index (χ1) is 18.2. The van der Waals surface area contributed by atoms with Crippen molar-refractivity contribution in [1.29, 1.82) is 0 Å². The van der Waals surface area contributed by atoms with Gasteiger partial charge in [-0.15, -0.1) is 0 Å². The average Bonchev–Trinajstić information content (AvgIpc) is 2.94. The molecule has 0 bridgehead atoms. The van der Waals surface area contributed by atoms with Gasteiger partial charge in [-0.1, -0.05) is 18.2 Å². The first-order valence-corrected chi connectivity index (χ1v) is 11.8. The summed E-state index contributed by atoms with van der Waals surface area (Å²) in [5, 5.41) is 3.24. The molecule has 0 saturated carbocycles. The number of nitrogen functional groups attached to an aromatic ring is 1. The Balaban J connectivity index is 1.07. The lowest BCUT2D eigenvalue weighted by atomic mass is 10.3. The van der Waals surface area contributed by atoms with Crippen LogP contribution < -0.4 is 30.0 Å². The van der Waals surface area contributed by atoms with Gasteiger partial charge in [0.2, 0.25) is 0 Å². The van der Waals surface area contributed by atoms with Gasteiger partial charge < -0.3 is 30.0 Å². The molecule has 5 rings (SSSR count). The minimum Gasteiger partial charge on any atom is -0.473 e. The van der Waals surface area contributed by atoms with Crippen molar-refractivity contribution in [3.63, 3.8) is 0 Å². The van der Waals surface area contributed by atoms with Crippen molar-refractivity contribution in [3.05, 3.63) is 127 Å². The van der Waals surface area contributed by atoms with Gasteiger partial charge in [-0.25, -0.2) is 0 Å². The molecular weight excluding hydrogens is 464 g/mol. The molecule has 0 unspecified atom stereocenters.